The Bertz CT molecular complexity index is 191. The number of hydrogen-bond donors (Lipinski definition) is 2. The monoisotopic (exact) mass is 214 g/mol. The van der Waals surface area contributed by atoms with Gasteiger partial charge in [-0.05, 0) is 19.3 Å². The van der Waals surface area contributed by atoms with Gasteiger partial charge in [-0.3, -0.25) is 4.79 Å². The molecule has 1 saturated carbocycles. The van der Waals surface area contributed by atoms with E-state index >= 15 is 0 Å². The lowest BCUT2D eigenvalue weighted by atomic mass is 10.2. The molecule has 0 aromatic heterocycles. The fourth-order valence-electron chi connectivity index (χ4n) is 1.91. The first-order valence-electron chi connectivity index (χ1n) is 5.91. The van der Waals surface area contributed by atoms with Crippen LogP contribution in [0.3, 0.4) is 0 Å². The van der Waals surface area contributed by atoms with E-state index in [4.69, 9.17) is 10.5 Å². The van der Waals surface area contributed by atoms with Crippen LogP contribution in [-0.4, -0.2) is 31.2 Å². The summed E-state index contributed by atoms with van der Waals surface area (Å²) in [4.78, 5) is 11.6. The molecule has 0 spiro atoms. The second kappa shape index (κ2) is 6.80. The Morgan fingerprint density at radius 1 is 1.53 bits per heavy atom. The van der Waals surface area contributed by atoms with E-state index in [1.807, 2.05) is 6.92 Å². The summed E-state index contributed by atoms with van der Waals surface area (Å²) in [5.74, 6) is -0.0187. The molecule has 1 atom stereocenters. The highest BCUT2D eigenvalue weighted by atomic mass is 16.5. The van der Waals surface area contributed by atoms with Crippen molar-refractivity contribution in [3.63, 3.8) is 0 Å². The highest BCUT2D eigenvalue weighted by molar-refractivity contribution is 5.80. The topological polar surface area (TPSA) is 64.3 Å². The van der Waals surface area contributed by atoms with Crippen LogP contribution in [0.4, 0.5) is 0 Å². The summed E-state index contributed by atoms with van der Waals surface area (Å²) >= 11 is 0. The Balaban J connectivity index is 2.29. The molecule has 1 rings (SSSR count). The predicted octanol–water partition coefficient (Wildman–Crippen LogP) is 0.799. The summed E-state index contributed by atoms with van der Waals surface area (Å²) in [5.41, 5.74) is 5.33. The molecule has 4 nitrogen and oxygen atoms in total. The lowest BCUT2D eigenvalue weighted by Gasteiger charge is -2.20. The molecule has 4 heteroatoms. The lowest BCUT2D eigenvalue weighted by Crippen LogP contribution is -2.40. The van der Waals surface area contributed by atoms with Gasteiger partial charge in [-0.25, -0.2) is 0 Å². The molecule has 1 aliphatic rings. The summed E-state index contributed by atoms with van der Waals surface area (Å²) in [6.07, 6.45) is 5.38. The summed E-state index contributed by atoms with van der Waals surface area (Å²) in [5, 5.41) is 2.77. The molecule has 0 bridgehead atoms. The molecule has 1 unspecified atom stereocenters. The van der Waals surface area contributed by atoms with Crippen LogP contribution in [-0.2, 0) is 9.53 Å². The van der Waals surface area contributed by atoms with E-state index in [1.165, 1.54) is 12.8 Å². The zero-order valence-electron chi connectivity index (χ0n) is 9.50. The third-order valence-electron chi connectivity index (χ3n) is 2.77. The fraction of sp³-hybridized carbons (Fsp3) is 0.909. The number of amides is 1. The molecule has 1 fully saturated rings. The zero-order valence-corrected chi connectivity index (χ0v) is 9.50. The lowest BCUT2D eigenvalue weighted by molar-refractivity contribution is -0.136. The average molecular weight is 214 g/mol. The van der Waals surface area contributed by atoms with Gasteiger partial charge < -0.3 is 15.8 Å². The highest BCUT2D eigenvalue weighted by Gasteiger charge is 2.23. The second-order valence-corrected chi connectivity index (χ2v) is 4.02. The molecule has 3 N–H and O–H groups in total. The van der Waals surface area contributed by atoms with Crippen LogP contribution in [0.2, 0.25) is 0 Å². The van der Waals surface area contributed by atoms with Crippen molar-refractivity contribution in [3.05, 3.63) is 0 Å². The SMILES string of the molecule is CCC(OC1CCCC1)C(=O)NCCN. The van der Waals surface area contributed by atoms with Crippen LogP contribution in [0, 0.1) is 0 Å². The maximum absolute atomic E-state index is 11.6. The van der Waals surface area contributed by atoms with E-state index in [0.29, 0.717) is 19.2 Å². The maximum atomic E-state index is 11.6. The van der Waals surface area contributed by atoms with Crippen LogP contribution in [0.1, 0.15) is 39.0 Å². The van der Waals surface area contributed by atoms with Crippen molar-refractivity contribution in [2.45, 2.75) is 51.2 Å². The smallest absolute Gasteiger partial charge is 0.249 e. The number of carbonyl (C=O) groups is 1. The van der Waals surface area contributed by atoms with Gasteiger partial charge >= 0.3 is 0 Å². The van der Waals surface area contributed by atoms with Crippen LogP contribution in [0.15, 0.2) is 0 Å². The minimum atomic E-state index is -0.292. The Kier molecular flexibility index (Phi) is 5.65. The first-order valence-corrected chi connectivity index (χ1v) is 5.91. The summed E-state index contributed by atoms with van der Waals surface area (Å²) in [7, 11) is 0. The van der Waals surface area contributed by atoms with E-state index in [9.17, 15) is 4.79 Å². The van der Waals surface area contributed by atoms with Gasteiger partial charge in [0, 0.05) is 13.1 Å². The van der Waals surface area contributed by atoms with Crippen LogP contribution in [0.5, 0.6) is 0 Å². The molecule has 0 aliphatic heterocycles. The Hall–Kier alpha value is -0.610. The van der Waals surface area contributed by atoms with Gasteiger partial charge in [0.05, 0.1) is 6.10 Å². The first-order chi connectivity index (χ1) is 7.27. The first kappa shape index (κ1) is 12.5. The standard InChI is InChI=1S/C11H22N2O2/c1-2-10(11(14)13-8-7-12)15-9-5-3-4-6-9/h9-10H,2-8,12H2,1H3,(H,13,14). The number of rotatable bonds is 6. The summed E-state index contributed by atoms with van der Waals surface area (Å²) < 4.78 is 5.77. The minimum absolute atomic E-state index is 0.0187. The molecular formula is C11H22N2O2. The predicted molar refractivity (Wildman–Crippen MR) is 59.5 cm³/mol. The van der Waals surface area contributed by atoms with Gasteiger partial charge in [0.25, 0.3) is 0 Å². The molecule has 0 heterocycles. The van der Waals surface area contributed by atoms with E-state index in [0.717, 1.165) is 19.3 Å². The number of nitrogens with two attached hydrogens (primary N) is 1. The minimum Gasteiger partial charge on any atom is -0.365 e. The Morgan fingerprint density at radius 2 is 2.20 bits per heavy atom. The number of nitrogens with one attached hydrogen (secondary N) is 1. The van der Waals surface area contributed by atoms with Gasteiger partial charge in [0.2, 0.25) is 5.91 Å². The average Bonchev–Trinajstić information content (AvgIpc) is 2.75. The van der Waals surface area contributed by atoms with Crippen LogP contribution < -0.4 is 11.1 Å². The Labute approximate surface area is 91.5 Å². The largest absolute Gasteiger partial charge is 0.365 e. The summed E-state index contributed by atoms with van der Waals surface area (Å²) in [6, 6.07) is 0. The van der Waals surface area contributed by atoms with Crippen LogP contribution in [0.25, 0.3) is 0 Å². The van der Waals surface area contributed by atoms with Gasteiger partial charge in [0.15, 0.2) is 0 Å². The molecular weight excluding hydrogens is 192 g/mol. The van der Waals surface area contributed by atoms with E-state index in [-0.39, 0.29) is 12.0 Å². The molecule has 1 amide bonds. The fourth-order valence-corrected chi connectivity index (χ4v) is 1.91. The zero-order chi connectivity index (χ0) is 11.1. The molecule has 0 saturated heterocycles. The maximum Gasteiger partial charge on any atom is 0.249 e. The molecule has 15 heavy (non-hydrogen) atoms. The highest BCUT2D eigenvalue weighted by Crippen LogP contribution is 2.22. The van der Waals surface area contributed by atoms with Crippen molar-refractivity contribution in [2.75, 3.05) is 13.1 Å². The second-order valence-electron chi connectivity index (χ2n) is 4.02. The Morgan fingerprint density at radius 3 is 2.73 bits per heavy atom. The van der Waals surface area contributed by atoms with Gasteiger partial charge in [-0.1, -0.05) is 19.8 Å². The van der Waals surface area contributed by atoms with Crippen molar-refractivity contribution < 1.29 is 9.53 Å². The van der Waals surface area contributed by atoms with Crippen molar-refractivity contribution in [1.29, 1.82) is 0 Å². The number of carbonyl (C=O) groups excluding carboxylic acids is 1. The van der Waals surface area contributed by atoms with Crippen molar-refractivity contribution >= 4 is 5.91 Å². The van der Waals surface area contributed by atoms with E-state index in [2.05, 4.69) is 5.32 Å². The van der Waals surface area contributed by atoms with E-state index < -0.39 is 0 Å². The summed E-state index contributed by atoms with van der Waals surface area (Å²) in [6.45, 7) is 2.98. The van der Waals surface area contributed by atoms with Gasteiger partial charge in [0.1, 0.15) is 6.10 Å². The third-order valence-corrected chi connectivity index (χ3v) is 2.77. The number of hydrogen-bond acceptors (Lipinski definition) is 3. The van der Waals surface area contributed by atoms with Gasteiger partial charge in [-0.2, -0.15) is 0 Å². The molecule has 0 aromatic carbocycles. The van der Waals surface area contributed by atoms with Crippen LogP contribution >= 0.6 is 0 Å². The molecule has 1 aliphatic carbocycles. The third kappa shape index (κ3) is 4.18. The van der Waals surface area contributed by atoms with Crippen molar-refractivity contribution in [3.8, 4) is 0 Å². The van der Waals surface area contributed by atoms with Crippen molar-refractivity contribution in [2.24, 2.45) is 5.73 Å². The quantitative estimate of drug-likeness (QED) is 0.687. The van der Waals surface area contributed by atoms with E-state index in [1.54, 1.807) is 0 Å². The molecule has 88 valence electrons. The molecule has 0 aromatic rings. The van der Waals surface area contributed by atoms with Crippen molar-refractivity contribution in [1.82, 2.24) is 5.32 Å². The normalized spacial score (nSPS) is 19.1. The molecule has 0 radical (unpaired) electrons. The number of ether oxygens (including phenoxy) is 1. The van der Waals surface area contributed by atoms with Gasteiger partial charge in [-0.15, -0.1) is 0 Å².